The molecule has 0 fully saturated rings. The van der Waals surface area contributed by atoms with E-state index >= 15 is 0 Å². The highest BCUT2D eigenvalue weighted by Gasteiger charge is 2.21. The van der Waals surface area contributed by atoms with Crippen LogP contribution in [0.15, 0.2) is 33.5 Å². The molecule has 0 radical (unpaired) electrons. The molecule has 0 saturated heterocycles. The second-order valence-electron chi connectivity index (χ2n) is 4.87. The summed E-state index contributed by atoms with van der Waals surface area (Å²) in [7, 11) is -3.53. The van der Waals surface area contributed by atoms with Crippen LogP contribution in [-0.4, -0.2) is 47.7 Å². The first-order valence-corrected chi connectivity index (χ1v) is 11.0. The topological polar surface area (TPSA) is 92.3 Å². The molecule has 1 N–H and O–H groups in total. The molecular formula is C15H20N4O3S3. The van der Waals surface area contributed by atoms with Gasteiger partial charge in [-0.3, -0.25) is 10.1 Å². The van der Waals surface area contributed by atoms with Crippen LogP contribution in [0.3, 0.4) is 0 Å². The van der Waals surface area contributed by atoms with Gasteiger partial charge in [0.25, 0.3) is 5.91 Å². The zero-order valence-electron chi connectivity index (χ0n) is 14.2. The summed E-state index contributed by atoms with van der Waals surface area (Å²) in [4.78, 5) is 12.4. The number of sulfonamides is 1. The smallest absolute Gasteiger partial charge is 0.257 e. The maximum atomic E-state index is 12.4. The highest BCUT2D eigenvalue weighted by Crippen LogP contribution is 2.25. The summed E-state index contributed by atoms with van der Waals surface area (Å²) in [6.07, 6.45) is 0. The van der Waals surface area contributed by atoms with Crippen molar-refractivity contribution in [1.82, 2.24) is 14.5 Å². The number of benzene rings is 1. The van der Waals surface area contributed by atoms with Gasteiger partial charge in [0.15, 0.2) is 4.34 Å². The molecule has 0 unspecified atom stereocenters. The summed E-state index contributed by atoms with van der Waals surface area (Å²) >= 11 is 2.86. The van der Waals surface area contributed by atoms with Crippen LogP contribution in [-0.2, 0) is 10.0 Å². The van der Waals surface area contributed by atoms with Crippen LogP contribution in [0.4, 0.5) is 5.13 Å². The maximum absolute atomic E-state index is 12.4. The van der Waals surface area contributed by atoms with Crippen LogP contribution in [0.25, 0.3) is 0 Å². The van der Waals surface area contributed by atoms with Gasteiger partial charge < -0.3 is 0 Å². The lowest BCUT2D eigenvalue weighted by atomic mass is 10.2. The molecule has 0 aliphatic heterocycles. The Morgan fingerprint density at radius 3 is 2.36 bits per heavy atom. The first-order chi connectivity index (χ1) is 11.9. The molecule has 0 atom stereocenters. The molecule has 1 heterocycles. The highest BCUT2D eigenvalue weighted by atomic mass is 32.2. The van der Waals surface area contributed by atoms with Crippen molar-refractivity contribution in [3.05, 3.63) is 29.8 Å². The van der Waals surface area contributed by atoms with Gasteiger partial charge in [0, 0.05) is 18.7 Å². The molecule has 1 aromatic carbocycles. The average Bonchev–Trinajstić information content (AvgIpc) is 3.03. The molecular weight excluding hydrogens is 380 g/mol. The third kappa shape index (κ3) is 4.78. The van der Waals surface area contributed by atoms with E-state index in [1.165, 1.54) is 39.9 Å². The van der Waals surface area contributed by atoms with Gasteiger partial charge in [0.05, 0.1) is 4.90 Å². The van der Waals surface area contributed by atoms with E-state index in [1.54, 1.807) is 25.6 Å². The van der Waals surface area contributed by atoms with E-state index in [-0.39, 0.29) is 10.8 Å². The fourth-order valence-electron chi connectivity index (χ4n) is 2.10. The lowest BCUT2D eigenvalue weighted by Gasteiger charge is -2.18. The zero-order valence-corrected chi connectivity index (χ0v) is 16.7. The quantitative estimate of drug-likeness (QED) is 0.541. The summed E-state index contributed by atoms with van der Waals surface area (Å²) in [5, 5.41) is 11.0. The number of hydrogen-bond acceptors (Lipinski definition) is 7. The molecule has 0 saturated carbocycles. The van der Waals surface area contributed by atoms with Crippen LogP contribution >= 0.6 is 23.1 Å². The molecule has 2 aromatic rings. The number of hydrogen-bond donors (Lipinski definition) is 1. The van der Waals surface area contributed by atoms with E-state index in [0.29, 0.717) is 23.8 Å². The largest absolute Gasteiger partial charge is 0.296 e. The highest BCUT2D eigenvalue weighted by molar-refractivity contribution is 8.01. The Morgan fingerprint density at radius 1 is 1.16 bits per heavy atom. The van der Waals surface area contributed by atoms with E-state index in [0.717, 1.165) is 10.1 Å². The van der Waals surface area contributed by atoms with Gasteiger partial charge in [-0.1, -0.05) is 43.9 Å². The summed E-state index contributed by atoms with van der Waals surface area (Å²) in [6.45, 7) is 6.39. The second kappa shape index (κ2) is 8.75. The third-order valence-electron chi connectivity index (χ3n) is 3.35. The predicted octanol–water partition coefficient (Wildman–Crippen LogP) is 2.93. The Labute approximate surface area is 155 Å². The van der Waals surface area contributed by atoms with Crippen molar-refractivity contribution in [3.63, 3.8) is 0 Å². The van der Waals surface area contributed by atoms with E-state index in [9.17, 15) is 13.2 Å². The molecule has 1 amide bonds. The van der Waals surface area contributed by atoms with Crippen molar-refractivity contribution in [2.75, 3.05) is 24.2 Å². The normalized spacial score (nSPS) is 11.7. The molecule has 0 spiro atoms. The van der Waals surface area contributed by atoms with Crippen molar-refractivity contribution in [1.29, 1.82) is 0 Å². The molecule has 25 heavy (non-hydrogen) atoms. The summed E-state index contributed by atoms with van der Waals surface area (Å²) in [6, 6.07) is 5.88. The average molecular weight is 401 g/mol. The number of amides is 1. The minimum Gasteiger partial charge on any atom is -0.296 e. The number of rotatable bonds is 8. The molecule has 0 aliphatic carbocycles. The van der Waals surface area contributed by atoms with Crippen molar-refractivity contribution < 1.29 is 13.2 Å². The van der Waals surface area contributed by atoms with Crippen LogP contribution in [0.2, 0.25) is 0 Å². The predicted molar refractivity (Wildman–Crippen MR) is 101 cm³/mol. The van der Waals surface area contributed by atoms with E-state index in [1.807, 2.05) is 6.92 Å². The Balaban J connectivity index is 2.12. The van der Waals surface area contributed by atoms with E-state index < -0.39 is 10.0 Å². The first-order valence-electron chi connectivity index (χ1n) is 7.80. The Hall–Kier alpha value is -1.49. The Morgan fingerprint density at radius 2 is 1.80 bits per heavy atom. The second-order valence-corrected chi connectivity index (χ2v) is 9.30. The van der Waals surface area contributed by atoms with E-state index in [2.05, 4.69) is 15.5 Å². The lowest BCUT2D eigenvalue weighted by Crippen LogP contribution is -2.30. The summed E-state index contributed by atoms with van der Waals surface area (Å²) < 4.78 is 27.0. The first kappa shape index (κ1) is 19.8. The number of nitrogens with zero attached hydrogens (tertiary/aromatic N) is 3. The van der Waals surface area contributed by atoms with Crippen LogP contribution in [0.1, 0.15) is 31.1 Å². The molecule has 136 valence electrons. The van der Waals surface area contributed by atoms with Gasteiger partial charge in [0.1, 0.15) is 0 Å². The molecule has 10 heteroatoms. The SMILES string of the molecule is CCSc1nnc(NC(=O)c2ccc(S(=O)(=O)N(CC)CC)cc2)s1. The van der Waals surface area contributed by atoms with Gasteiger partial charge in [-0.2, -0.15) is 4.31 Å². The minimum atomic E-state index is -3.53. The third-order valence-corrected chi connectivity index (χ3v) is 7.27. The van der Waals surface area contributed by atoms with Crippen molar-refractivity contribution in [2.24, 2.45) is 0 Å². The number of aromatic nitrogens is 2. The summed E-state index contributed by atoms with van der Waals surface area (Å²) in [5.41, 5.74) is 0.360. The fraction of sp³-hybridized carbons (Fsp3) is 0.400. The minimum absolute atomic E-state index is 0.172. The molecule has 1 aromatic heterocycles. The van der Waals surface area contributed by atoms with Crippen molar-refractivity contribution >= 4 is 44.2 Å². The number of anilines is 1. The number of carbonyl (C=O) groups excluding carboxylic acids is 1. The van der Waals surface area contributed by atoms with Gasteiger partial charge in [-0.15, -0.1) is 10.2 Å². The number of nitrogens with one attached hydrogen (secondary N) is 1. The standard InChI is InChI=1S/C15H20N4O3S3/c1-4-19(5-2)25(21,22)12-9-7-11(8-10-12)13(20)16-14-17-18-15(24-14)23-6-3/h7-10H,4-6H2,1-3H3,(H,16,17,20). The molecule has 0 bridgehead atoms. The van der Waals surface area contributed by atoms with E-state index in [4.69, 9.17) is 0 Å². The lowest BCUT2D eigenvalue weighted by molar-refractivity contribution is 0.102. The molecule has 2 rings (SSSR count). The van der Waals surface area contributed by atoms with Gasteiger partial charge >= 0.3 is 0 Å². The van der Waals surface area contributed by atoms with Crippen LogP contribution in [0.5, 0.6) is 0 Å². The zero-order chi connectivity index (χ0) is 18.4. The number of carbonyl (C=O) groups is 1. The van der Waals surface area contributed by atoms with Gasteiger partial charge in [-0.05, 0) is 30.0 Å². The fourth-order valence-corrected chi connectivity index (χ4v) is 5.20. The molecule has 0 aliphatic rings. The van der Waals surface area contributed by atoms with Crippen LogP contribution < -0.4 is 5.32 Å². The van der Waals surface area contributed by atoms with Crippen molar-refractivity contribution in [2.45, 2.75) is 30.0 Å². The Bertz CT molecular complexity index is 815. The van der Waals surface area contributed by atoms with Gasteiger partial charge in [-0.25, -0.2) is 8.42 Å². The van der Waals surface area contributed by atoms with Crippen LogP contribution in [0, 0.1) is 0 Å². The van der Waals surface area contributed by atoms with Crippen molar-refractivity contribution in [3.8, 4) is 0 Å². The number of thioether (sulfide) groups is 1. The summed E-state index contributed by atoms with van der Waals surface area (Å²) in [5.74, 6) is 0.529. The molecule has 7 nitrogen and oxygen atoms in total. The van der Waals surface area contributed by atoms with Gasteiger partial charge in [0.2, 0.25) is 15.2 Å². The monoisotopic (exact) mass is 400 g/mol. The maximum Gasteiger partial charge on any atom is 0.257 e. The Kier molecular flexibility index (Phi) is 6.94.